The van der Waals surface area contributed by atoms with Gasteiger partial charge in [-0.15, -0.1) is 0 Å². The van der Waals surface area contributed by atoms with E-state index in [-0.39, 0.29) is 0 Å². The Morgan fingerprint density at radius 3 is 2.94 bits per heavy atom. The first-order valence-corrected chi connectivity index (χ1v) is 7.03. The standard InChI is InChI=1S/C16H19NO/c1-2-4-16-14(3-1)15(10-18-16)17-9-13-8-11-5-6-12(13)7-11/h1-6,11-13,15,17H,7-10H2. The summed E-state index contributed by atoms with van der Waals surface area (Å²) >= 11 is 0. The zero-order valence-electron chi connectivity index (χ0n) is 10.5. The fourth-order valence-electron chi connectivity index (χ4n) is 3.75. The van der Waals surface area contributed by atoms with E-state index in [4.69, 9.17) is 4.74 Å². The predicted octanol–water partition coefficient (Wildman–Crippen LogP) is 2.92. The predicted molar refractivity (Wildman–Crippen MR) is 71.5 cm³/mol. The molecular formula is C16H19NO. The highest BCUT2D eigenvalue weighted by molar-refractivity contribution is 5.39. The molecule has 2 bridgehead atoms. The van der Waals surface area contributed by atoms with Crippen LogP contribution >= 0.6 is 0 Å². The molecule has 1 fully saturated rings. The number of benzene rings is 1. The Morgan fingerprint density at radius 1 is 1.17 bits per heavy atom. The first-order valence-electron chi connectivity index (χ1n) is 7.03. The number of hydrogen-bond acceptors (Lipinski definition) is 2. The third-order valence-electron chi connectivity index (χ3n) is 4.74. The van der Waals surface area contributed by atoms with Crippen molar-refractivity contribution >= 4 is 0 Å². The average molecular weight is 241 g/mol. The molecule has 4 rings (SSSR count). The summed E-state index contributed by atoms with van der Waals surface area (Å²) in [6, 6.07) is 8.78. The van der Waals surface area contributed by atoms with Crippen molar-refractivity contribution in [3.8, 4) is 5.75 Å². The second-order valence-electron chi connectivity index (χ2n) is 5.85. The normalized spacial score (nSPS) is 35.8. The van der Waals surface area contributed by atoms with Gasteiger partial charge in [0.2, 0.25) is 0 Å². The Kier molecular flexibility index (Phi) is 2.44. The van der Waals surface area contributed by atoms with E-state index < -0.39 is 0 Å². The van der Waals surface area contributed by atoms with E-state index in [9.17, 15) is 0 Å². The van der Waals surface area contributed by atoms with Crippen molar-refractivity contribution in [3.05, 3.63) is 42.0 Å². The monoisotopic (exact) mass is 241 g/mol. The highest BCUT2D eigenvalue weighted by Crippen LogP contribution is 2.43. The molecule has 1 aromatic rings. The lowest BCUT2D eigenvalue weighted by Crippen LogP contribution is -2.30. The smallest absolute Gasteiger partial charge is 0.124 e. The summed E-state index contributed by atoms with van der Waals surface area (Å²) in [5.41, 5.74) is 1.33. The third-order valence-corrected chi connectivity index (χ3v) is 4.74. The first kappa shape index (κ1) is 10.6. The molecule has 0 saturated heterocycles. The molecule has 1 aromatic carbocycles. The lowest BCUT2D eigenvalue weighted by molar-refractivity contribution is 0.296. The molecule has 0 amide bonds. The number of hydrogen-bond donors (Lipinski definition) is 1. The Morgan fingerprint density at radius 2 is 2.11 bits per heavy atom. The van der Waals surface area contributed by atoms with Gasteiger partial charge in [0.05, 0.1) is 6.04 Å². The molecule has 94 valence electrons. The summed E-state index contributed by atoms with van der Waals surface area (Å²) < 4.78 is 5.71. The zero-order chi connectivity index (χ0) is 11.9. The van der Waals surface area contributed by atoms with Gasteiger partial charge in [0.25, 0.3) is 0 Å². The van der Waals surface area contributed by atoms with Gasteiger partial charge >= 0.3 is 0 Å². The number of nitrogens with one attached hydrogen (secondary N) is 1. The first-order chi connectivity index (χ1) is 8.90. The summed E-state index contributed by atoms with van der Waals surface area (Å²) in [4.78, 5) is 0. The fourth-order valence-corrected chi connectivity index (χ4v) is 3.75. The molecule has 1 heterocycles. The van der Waals surface area contributed by atoms with Gasteiger partial charge in [-0.3, -0.25) is 0 Å². The number of allylic oxidation sites excluding steroid dienone is 2. The molecule has 2 nitrogen and oxygen atoms in total. The van der Waals surface area contributed by atoms with Gasteiger partial charge in [-0.1, -0.05) is 30.4 Å². The van der Waals surface area contributed by atoms with Crippen molar-refractivity contribution in [1.29, 1.82) is 0 Å². The molecule has 0 aromatic heterocycles. The SMILES string of the molecule is C1=CC2CC1CC2CNC1COc2ccccc21. The Hall–Kier alpha value is -1.28. The van der Waals surface area contributed by atoms with Crippen molar-refractivity contribution in [2.24, 2.45) is 17.8 Å². The van der Waals surface area contributed by atoms with Crippen LogP contribution in [0.4, 0.5) is 0 Å². The highest BCUT2D eigenvalue weighted by Gasteiger charge is 2.36. The molecule has 2 aliphatic carbocycles. The lowest BCUT2D eigenvalue weighted by Gasteiger charge is -2.21. The summed E-state index contributed by atoms with van der Waals surface area (Å²) in [7, 11) is 0. The Labute approximate surface area is 108 Å². The largest absolute Gasteiger partial charge is 0.491 e. The molecule has 2 heteroatoms. The van der Waals surface area contributed by atoms with Crippen LogP contribution in [0.3, 0.4) is 0 Å². The van der Waals surface area contributed by atoms with Crippen LogP contribution in [0.25, 0.3) is 0 Å². The van der Waals surface area contributed by atoms with Crippen LogP contribution in [0.5, 0.6) is 5.75 Å². The summed E-state index contributed by atoms with van der Waals surface area (Å²) in [5.74, 6) is 3.60. The quantitative estimate of drug-likeness (QED) is 0.822. The maximum absolute atomic E-state index is 5.71. The van der Waals surface area contributed by atoms with E-state index in [1.54, 1.807) is 0 Å². The van der Waals surface area contributed by atoms with Gasteiger partial charge in [0, 0.05) is 5.56 Å². The van der Waals surface area contributed by atoms with Crippen LogP contribution in [-0.4, -0.2) is 13.2 Å². The topological polar surface area (TPSA) is 21.3 Å². The minimum Gasteiger partial charge on any atom is -0.491 e. The Balaban J connectivity index is 1.41. The van der Waals surface area contributed by atoms with Crippen LogP contribution in [0.1, 0.15) is 24.4 Å². The molecule has 0 radical (unpaired) electrons. The van der Waals surface area contributed by atoms with E-state index in [1.165, 1.54) is 18.4 Å². The van der Waals surface area contributed by atoms with Crippen molar-refractivity contribution in [1.82, 2.24) is 5.32 Å². The maximum Gasteiger partial charge on any atom is 0.124 e. The van der Waals surface area contributed by atoms with E-state index in [0.717, 1.165) is 36.7 Å². The van der Waals surface area contributed by atoms with Crippen molar-refractivity contribution in [2.75, 3.05) is 13.2 Å². The molecule has 1 aliphatic heterocycles. The van der Waals surface area contributed by atoms with E-state index >= 15 is 0 Å². The van der Waals surface area contributed by atoms with E-state index in [1.807, 2.05) is 6.07 Å². The van der Waals surface area contributed by atoms with Crippen molar-refractivity contribution < 1.29 is 4.74 Å². The minimum atomic E-state index is 0.393. The van der Waals surface area contributed by atoms with Gasteiger partial charge in [-0.05, 0) is 43.2 Å². The number of rotatable bonds is 3. The van der Waals surface area contributed by atoms with Gasteiger partial charge in [-0.2, -0.15) is 0 Å². The summed E-state index contributed by atoms with van der Waals surface area (Å²) in [5, 5.41) is 3.71. The lowest BCUT2D eigenvalue weighted by atomic mass is 9.93. The zero-order valence-corrected chi connectivity index (χ0v) is 10.5. The fraction of sp³-hybridized carbons (Fsp3) is 0.500. The van der Waals surface area contributed by atoms with Crippen LogP contribution < -0.4 is 10.1 Å². The number of fused-ring (bicyclic) bond motifs is 3. The molecule has 4 unspecified atom stereocenters. The van der Waals surface area contributed by atoms with Crippen LogP contribution in [0.15, 0.2) is 36.4 Å². The minimum absolute atomic E-state index is 0.393. The van der Waals surface area contributed by atoms with Crippen molar-refractivity contribution in [3.63, 3.8) is 0 Å². The molecule has 3 aliphatic rings. The third kappa shape index (κ3) is 1.67. The Bertz CT molecular complexity index is 482. The second kappa shape index (κ2) is 4.13. The van der Waals surface area contributed by atoms with Crippen LogP contribution in [0, 0.1) is 17.8 Å². The van der Waals surface area contributed by atoms with Crippen LogP contribution in [0.2, 0.25) is 0 Å². The molecule has 18 heavy (non-hydrogen) atoms. The van der Waals surface area contributed by atoms with Gasteiger partial charge < -0.3 is 10.1 Å². The summed E-state index contributed by atoms with van der Waals surface area (Å²) in [6.07, 6.45) is 7.61. The van der Waals surface area contributed by atoms with E-state index in [0.29, 0.717) is 6.04 Å². The molecular weight excluding hydrogens is 222 g/mol. The van der Waals surface area contributed by atoms with Crippen molar-refractivity contribution in [2.45, 2.75) is 18.9 Å². The molecule has 1 N–H and O–H groups in total. The number of ether oxygens (including phenoxy) is 1. The van der Waals surface area contributed by atoms with Crippen LogP contribution in [-0.2, 0) is 0 Å². The molecule has 4 atom stereocenters. The van der Waals surface area contributed by atoms with E-state index in [2.05, 4.69) is 35.7 Å². The molecule has 1 saturated carbocycles. The maximum atomic E-state index is 5.71. The van der Waals surface area contributed by atoms with Gasteiger partial charge in [0.15, 0.2) is 0 Å². The summed E-state index contributed by atoms with van der Waals surface area (Å²) in [6.45, 7) is 1.92. The van der Waals surface area contributed by atoms with Gasteiger partial charge in [-0.25, -0.2) is 0 Å². The highest BCUT2D eigenvalue weighted by atomic mass is 16.5. The van der Waals surface area contributed by atoms with Gasteiger partial charge in [0.1, 0.15) is 12.4 Å². The average Bonchev–Trinajstić information content (AvgIpc) is 3.11. The second-order valence-corrected chi connectivity index (χ2v) is 5.85. The number of para-hydroxylation sites is 1. The molecule has 0 spiro atoms.